The Morgan fingerprint density at radius 2 is 1.21 bits per heavy atom. The van der Waals surface area contributed by atoms with Gasteiger partial charge in [0.2, 0.25) is 0 Å². The summed E-state index contributed by atoms with van der Waals surface area (Å²) in [6, 6.07) is -1.22. The standard InChI is InChI=1S/C27H40N2O9/c30-20-21(14-12-10-8-6-4-2-1-3-5-7-9-11-13-15-25(33)34)28-22(27(36)37)16-19-26(35)38-29-23(31)17-18-24(29)32/h17-18,22,28H,1-16,19H2,(H,33,34)(H,36,37)/t22-/m1/s1. The van der Waals surface area contributed by atoms with Crippen molar-refractivity contribution in [3.05, 3.63) is 17.8 Å². The van der Waals surface area contributed by atoms with Crippen molar-refractivity contribution in [1.29, 1.82) is 0 Å². The lowest BCUT2D eigenvalue weighted by molar-refractivity contribution is -0.196. The number of unbranched alkanes of at least 4 members (excludes halogenated alkanes) is 12. The summed E-state index contributed by atoms with van der Waals surface area (Å²) in [6.07, 6.45) is 15.6. The average Bonchev–Trinajstić information content (AvgIpc) is 3.19. The van der Waals surface area contributed by atoms with E-state index >= 15 is 0 Å². The zero-order chi connectivity index (χ0) is 28.2. The molecular weight excluding hydrogens is 496 g/mol. The Hall–Kier alpha value is -3.46. The molecule has 0 unspecified atom stereocenters. The number of imide groups is 1. The van der Waals surface area contributed by atoms with Gasteiger partial charge in [0.1, 0.15) is 12.0 Å². The smallest absolute Gasteiger partial charge is 0.333 e. The summed E-state index contributed by atoms with van der Waals surface area (Å²) in [7, 11) is 0. The summed E-state index contributed by atoms with van der Waals surface area (Å²) in [5.41, 5.74) is 0.128. The Bertz CT molecular complexity index is 860. The summed E-state index contributed by atoms with van der Waals surface area (Å²) in [6.45, 7) is 0. The van der Waals surface area contributed by atoms with Crippen LogP contribution in [-0.2, 0) is 33.6 Å². The second-order valence-corrected chi connectivity index (χ2v) is 9.41. The molecule has 0 aromatic heterocycles. The number of nitrogens with one attached hydrogen (secondary N) is 1. The minimum Gasteiger partial charge on any atom is -0.481 e. The molecule has 0 saturated heterocycles. The molecule has 0 radical (unpaired) electrons. The fourth-order valence-electron chi connectivity index (χ4n) is 4.03. The third kappa shape index (κ3) is 14.9. The number of hydrogen-bond donors (Lipinski definition) is 3. The van der Waals surface area contributed by atoms with Gasteiger partial charge in [-0.1, -0.05) is 75.7 Å². The first kappa shape index (κ1) is 32.6. The molecule has 1 aliphatic heterocycles. The van der Waals surface area contributed by atoms with Crippen molar-refractivity contribution in [3.63, 3.8) is 0 Å². The van der Waals surface area contributed by atoms with Crippen LogP contribution in [0, 0.1) is 0 Å². The lowest BCUT2D eigenvalue weighted by Crippen LogP contribution is -2.38. The SMILES string of the molecule is O=C=C(CCCCCCCCCCCCCCCC(=O)O)N[C@H](CCC(=O)ON1C(=O)C=CC1=O)C(=O)O. The largest absolute Gasteiger partial charge is 0.481 e. The van der Waals surface area contributed by atoms with E-state index < -0.39 is 35.8 Å². The average molecular weight is 537 g/mol. The number of amides is 2. The Morgan fingerprint density at radius 3 is 1.63 bits per heavy atom. The maximum Gasteiger partial charge on any atom is 0.333 e. The Balaban J connectivity index is 2.10. The molecule has 11 nitrogen and oxygen atoms in total. The number of allylic oxidation sites excluding steroid dienone is 1. The molecule has 1 heterocycles. The van der Waals surface area contributed by atoms with Crippen LogP contribution in [-0.4, -0.2) is 57.0 Å². The highest BCUT2D eigenvalue weighted by Crippen LogP contribution is 2.15. The first-order valence-electron chi connectivity index (χ1n) is 13.5. The van der Waals surface area contributed by atoms with Gasteiger partial charge in [-0.15, -0.1) is 0 Å². The second-order valence-electron chi connectivity index (χ2n) is 9.41. The molecule has 2 amide bonds. The predicted octanol–water partition coefficient (Wildman–Crippen LogP) is 3.84. The first-order valence-corrected chi connectivity index (χ1v) is 13.5. The Labute approximate surface area is 223 Å². The van der Waals surface area contributed by atoms with Gasteiger partial charge in [0, 0.05) is 18.6 Å². The fourth-order valence-corrected chi connectivity index (χ4v) is 4.03. The van der Waals surface area contributed by atoms with Crippen molar-refractivity contribution in [3.8, 4) is 0 Å². The number of carbonyl (C=O) groups is 5. The molecule has 0 fully saturated rings. The van der Waals surface area contributed by atoms with Crippen LogP contribution in [0.4, 0.5) is 0 Å². The van der Waals surface area contributed by atoms with Crippen molar-refractivity contribution in [2.45, 2.75) is 115 Å². The normalized spacial score (nSPS) is 13.3. The van der Waals surface area contributed by atoms with Crippen molar-refractivity contribution in [2.24, 2.45) is 0 Å². The summed E-state index contributed by atoms with van der Waals surface area (Å²) in [5.74, 6) is -2.75. The van der Waals surface area contributed by atoms with E-state index in [4.69, 9.17) is 5.11 Å². The van der Waals surface area contributed by atoms with E-state index in [1.54, 1.807) is 5.94 Å². The number of hydrogen-bond acceptors (Lipinski definition) is 8. The minimum atomic E-state index is -1.25. The van der Waals surface area contributed by atoms with Crippen LogP contribution in [0.15, 0.2) is 17.8 Å². The molecule has 0 bridgehead atoms. The summed E-state index contributed by atoms with van der Waals surface area (Å²) < 4.78 is 0. The van der Waals surface area contributed by atoms with Crippen LogP contribution in [0.2, 0.25) is 0 Å². The summed E-state index contributed by atoms with van der Waals surface area (Å²) in [5, 5.41) is 20.9. The van der Waals surface area contributed by atoms with E-state index in [-0.39, 0.29) is 25.0 Å². The number of carboxylic acids is 2. The van der Waals surface area contributed by atoms with Crippen LogP contribution < -0.4 is 5.32 Å². The highest BCUT2D eigenvalue weighted by molar-refractivity contribution is 6.12. The molecule has 0 aliphatic carbocycles. The van der Waals surface area contributed by atoms with E-state index in [2.05, 4.69) is 10.2 Å². The molecule has 0 spiro atoms. The molecule has 0 aromatic rings. The number of carbonyl (C=O) groups excluding carboxylic acids is 4. The zero-order valence-electron chi connectivity index (χ0n) is 22.0. The van der Waals surface area contributed by atoms with Gasteiger partial charge in [-0.05, 0) is 25.7 Å². The van der Waals surface area contributed by atoms with E-state index in [1.807, 2.05) is 0 Å². The van der Waals surface area contributed by atoms with Gasteiger partial charge in [-0.2, -0.15) is 0 Å². The summed E-state index contributed by atoms with van der Waals surface area (Å²) >= 11 is 0. The Kier molecular flexibility index (Phi) is 16.8. The van der Waals surface area contributed by atoms with Crippen molar-refractivity contribution < 1.29 is 43.8 Å². The predicted molar refractivity (Wildman–Crippen MR) is 137 cm³/mol. The highest BCUT2D eigenvalue weighted by Gasteiger charge is 2.28. The number of nitrogens with zero attached hydrogens (tertiary/aromatic N) is 1. The molecule has 1 rings (SSSR count). The van der Waals surface area contributed by atoms with Gasteiger partial charge in [-0.25, -0.2) is 14.4 Å². The molecule has 11 heteroatoms. The van der Waals surface area contributed by atoms with Crippen LogP contribution in [0.1, 0.15) is 109 Å². The lowest BCUT2D eigenvalue weighted by atomic mass is 10.0. The van der Waals surface area contributed by atoms with Crippen molar-refractivity contribution >= 4 is 35.7 Å². The maximum absolute atomic E-state index is 11.9. The third-order valence-corrected chi connectivity index (χ3v) is 6.19. The van der Waals surface area contributed by atoms with Crippen LogP contribution in [0.3, 0.4) is 0 Å². The molecule has 3 N–H and O–H groups in total. The van der Waals surface area contributed by atoms with E-state index in [9.17, 15) is 33.9 Å². The van der Waals surface area contributed by atoms with Gasteiger partial charge < -0.3 is 20.4 Å². The van der Waals surface area contributed by atoms with E-state index in [0.29, 0.717) is 17.9 Å². The lowest BCUT2D eigenvalue weighted by Gasteiger charge is -2.17. The molecule has 1 atom stereocenters. The number of hydroxylamine groups is 2. The molecule has 38 heavy (non-hydrogen) atoms. The van der Waals surface area contributed by atoms with Crippen molar-refractivity contribution in [2.75, 3.05) is 0 Å². The van der Waals surface area contributed by atoms with Gasteiger partial charge in [0.25, 0.3) is 11.8 Å². The molecule has 212 valence electrons. The minimum absolute atomic E-state index is 0.128. The van der Waals surface area contributed by atoms with E-state index in [0.717, 1.165) is 63.5 Å². The van der Waals surface area contributed by atoms with Gasteiger partial charge in [-0.3, -0.25) is 14.4 Å². The molecular formula is C27H40N2O9. The van der Waals surface area contributed by atoms with Gasteiger partial charge in [0.05, 0.1) is 12.1 Å². The van der Waals surface area contributed by atoms with Crippen LogP contribution in [0.25, 0.3) is 0 Å². The number of carboxylic acid groups (broad SMARTS) is 2. The molecule has 1 aliphatic rings. The monoisotopic (exact) mass is 536 g/mol. The molecule has 0 saturated carbocycles. The van der Waals surface area contributed by atoms with Gasteiger partial charge >= 0.3 is 17.9 Å². The Morgan fingerprint density at radius 1 is 0.763 bits per heavy atom. The van der Waals surface area contributed by atoms with Crippen LogP contribution in [0.5, 0.6) is 0 Å². The topological polar surface area (TPSA) is 167 Å². The highest BCUT2D eigenvalue weighted by atomic mass is 16.7. The quantitative estimate of drug-likeness (QED) is 0.0991. The maximum atomic E-state index is 11.9. The molecule has 0 aromatic carbocycles. The second kappa shape index (κ2) is 19.6. The number of aliphatic carboxylic acids is 2. The van der Waals surface area contributed by atoms with Crippen molar-refractivity contribution in [1.82, 2.24) is 10.4 Å². The van der Waals surface area contributed by atoms with E-state index in [1.165, 1.54) is 25.7 Å². The number of rotatable bonds is 23. The summed E-state index contributed by atoms with van der Waals surface area (Å²) in [4.78, 5) is 72.6. The van der Waals surface area contributed by atoms with Crippen LogP contribution >= 0.6 is 0 Å². The van der Waals surface area contributed by atoms with Gasteiger partial charge in [0.15, 0.2) is 0 Å². The first-order chi connectivity index (χ1) is 18.2. The zero-order valence-corrected chi connectivity index (χ0v) is 22.0. The third-order valence-electron chi connectivity index (χ3n) is 6.19. The fraction of sp³-hybridized carbons (Fsp3) is 0.667.